The van der Waals surface area contributed by atoms with Crippen LogP contribution in [0.25, 0.3) is 10.9 Å². The minimum atomic E-state index is -0.695. The number of hydrogen-bond donors (Lipinski definition) is 0. The molecule has 3 nitrogen and oxygen atoms in total. The van der Waals surface area contributed by atoms with Gasteiger partial charge in [-0.05, 0) is 12.1 Å². The Morgan fingerprint density at radius 3 is 2.00 bits per heavy atom. The molecule has 3 aromatic carbocycles. The van der Waals surface area contributed by atoms with Gasteiger partial charge in [0, 0.05) is 30.0 Å². The van der Waals surface area contributed by atoms with Crippen molar-refractivity contribution >= 4 is 10.9 Å². The predicted octanol–water partition coefficient (Wildman–Crippen LogP) is 4.42. The molecule has 0 amide bonds. The predicted molar refractivity (Wildman–Crippen MR) is 107 cm³/mol. The Labute approximate surface area is 157 Å². The Kier molecular flexibility index (Phi) is 3.44. The molecular weight excluding hydrogens is 334 g/mol. The van der Waals surface area contributed by atoms with Gasteiger partial charge in [-0.3, -0.25) is 4.79 Å². The summed E-state index contributed by atoms with van der Waals surface area (Å²) in [6.45, 7) is 0. The molecule has 4 aromatic rings. The van der Waals surface area contributed by atoms with Crippen LogP contribution in [0.4, 0.5) is 0 Å². The number of pyridine rings is 1. The molecule has 0 radical (unpaired) electrons. The quantitative estimate of drug-likeness (QED) is 0.534. The van der Waals surface area contributed by atoms with Crippen molar-refractivity contribution in [2.24, 2.45) is 7.05 Å². The van der Waals surface area contributed by atoms with Gasteiger partial charge in [0.05, 0.1) is 11.1 Å². The molecule has 0 aliphatic carbocycles. The third-order valence-corrected chi connectivity index (χ3v) is 5.52. The Balaban J connectivity index is 1.81. The Morgan fingerprint density at radius 2 is 1.37 bits per heavy atom. The summed E-state index contributed by atoms with van der Waals surface area (Å²) in [6, 6.07) is 28.1. The summed E-state index contributed by atoms with van der Waals surface area (Å²) in [4.78, 5) is 13.2. The van der Waals surface area contributed by atoms with E-state index in [4.69, 9.17) is 4.74 Å². The van der Waals surface area contributed by atoms with Crippen LogP contribution < -0.4 is 10.2 Å². The van der Waals surface area contributed by atoms with Crippen LogP contribution in [-0.4, -0.2) is 4.57 Å². The molecular formula is C24H19NO2. The summed E-state index contributed by atoms with van der Waals surface area (Å²) >= 11 is 0. The second kappa shape index (κ2) is 5.85. The SMILES string of the molecule is Cn1c2c(c(=O)c3ccccc31)CC(c1ccccc1)(c1ccccc1)O2. The molecule has 3 heteroatoms. The molecule has 0 spiro atoms. The summed E-state index contributed by atoms with van der Waals surface area (Å²) in [7, 11) is 1.96. The molecule has 1 aliphatic rings. The molecule has 1 aliphatic heterocycles. The van der Waals surface area contributed by atoms with Crippen molar-refractivity contribution in [2.45, 2.75) is 12.0 Å². The molecule has 27 heavy (non-hydrogen) atoms. The van der Waals surface area contributed by atoms with E-state index >= 15 is 0 Å². The van der Waals surface area contributed by atoms with Crippen molar-refractivity contribution in [3.8, 4) is 5.88 Å². The first-order valence-electron chi connectivity index (χ1n) is 9.11. The highest BCUT2D eigenvalue weighted by Gasteiger charge is 2.45. The largest absolute Gasteiger partial charge is 0.462 e. The first-order chi connectivity index (χ1) is 13.2. The maximum atomic E-state index is 13.2. The van der Waals surface area contributed by atoms with E-state index < -0.39 is 5.60 Å². The summed E-state index contributed by atoms with van der Waals surface area (Å²) < 4.78 is 8.65. The van der Waals surface area contributed by atoms with Crippen LogP contribution in [0.2, 0.25) is 0 Å². The highest BCUT2D eigenvalue weighted by atomic mass is 16.5. The molecule has 2 heterocycles. The van der Waals surface area contributed by atoms with Crippen LogP contribution in [0.1, 0.15) is 16.7 Å². The molecule has 0 bridgehead atoms. The summed E-state index contributed by atoms with van der Waals surface area (Å²) in [5, 5.41) is 0.735. The lowest BCUT2D eigenvalue weighted by atomic mass is 9.82. The molecule has 0 N–H and O–H groups in total. The molecule has 1 aromatic heterocycles. The zero-order valence-electron chi connectivity index (χ0n) is 15.1. The highest BCUT2D eigenvalue weighted by molar-refractivity contribution is 5.81. The smallest absolute Gasteiger partial charge is 0.202 e. The zero-order valence-corrected chi connectivity index (χ0v) is 15.1. The molecule has 132 valence electrons. The van der Waals surface area contributed by atoms with Gasteiger partial charge in [-0.2, -0.15) is 0 Å². The maximum Gasteiger partial charge on any atom is 0.202 e. The Hall–Kier alpha value is -3.33. The number of rotatable bonds is 2. The van der Waals surface area contributed by atoms with E-state index in [-0.39, 0.29) is 5.43 Å². The lowest BCUT2D eigenvalue weighted by Crippen LogP contribution is -2.33. The summed E-state index contributed by atoms with van der Waals surface area (Å²) in [5.41, 5.74) is 3.10. The average Bonchev–Trinajstić information content (AvgIpc) is 3.16. The van der Waals surface area contributed by atoms with E-state index in [1.807, 2.05) is 72.3 Å². The van der Waals surface area contributed by atoms with Gasteiger partial charge in [-0.15, -0.1) is 0 Å². The van der Waals surface area contributed by atoms with E-state index in [1.165, 1.54) is 0 Å². The van der Waals surface area contributed by atoms with E-state index in [1.54, 1.807) is 0 Å². The van der Waals surface area contributed by atoms with Crippen molar-refractivity contribution in [1.29, 1.82) is 0 Å². The number of benzene rings is 3. The molecule has 0 saturated carbocycles. The minimum absolute atomic E-state index is 0.0624. The second-order valence-corrected chi connectivity index (χ2v) is 7.03. The van der Waals surface area contributed by atoms with Gasteiger partial charge in [0.2, 0.25) is 5.88 Å². The third kappa shape index (κ3) is 2.25. The topological polar surface area (TPSA) is 31.2 Å². The minimum Gasteiger partial charge on any atom is -0.462 e. The van der Waals surface area contributed by atoms with Crippen LogP contribution in [-0.2, 0) is 19.1 Å². The van der Waals surface area contributed by atoms with Gasteiger partial charge in [0.1, 0.15) is 0 Å². The molecule has 0 atom stereocenters. The van der Waals surface area contributed by atoms with Crippen molar-refractivity contribution in [3.63, 3.8) is 0 Å². The van der Waals surface area contributed by atoms with E-state index in [0.29, 0.717) is 12.3 Å². The number of fused-ring (bicyclic) bond motifs is 2. The molecule has 5 rings (SSSR count). The zero-order chi connectivity index (χ0) is 18.4. The third-order valence-electron chi connectivity index (χ3n) is 5.52. The number of para-hydroxylation sites is 1. The normalized spacial score (nSPS) is 14.7. The van der Waals surface area contributed by atoms with Gasteiger partial charge in [-0.1, -0.05) is 72.8 Å². The monoisotopic (exact) mass is 353 g/mol. The van der Waals surface area contributed by atoms with Gasteiger partial charge in [0.15, 0.2) is 11.0 Å². The summed E-state index contributed by atoms with van der Waals surface area (Å²) in [6.07, 6.45) is 0.522. The number of aromatic nitrogens is 1. The Bertz CT molecular complexity index is 1150. The highest BCUT2D eigenvalue weighted by Crippen LogP contribution is 2.45. The van der Waals surface area contributed by atoms with E-state index in [0.717, 1.165) is 27.6 Å². The van der Waals surface area contributed by atoms with Gasteiger partial charge >= 0.3 is 0 Å². The average molecular weight is 353 g/mol. The number of nitrogens with zero attached hydrogens (tertiary/aromatic N) is 1. The van der Waals surface area contributed by atoms with Crippen molar-refractivity contribution in [3.05, 3.63) is 112 Å². The van der Waals surface area contributed by atoms with Gasteiger partial charge in [0.25, 0.3) is 0 Å². The first kappa shape index (κ1) is 15.9. The first-order valence-corrected chi connectivity index (χ1v) is 9.11. The fourth-order valence-corrected chi connectivity index (χ4v) is 4.17. The maximum absolute atomic E-state index is 13.2. The second-order valence-electron chi connectivity index (χ2n) is 7.03. The van der Waals surface area contributed by atoms with Gasteiger partial charge < -0.3 is 9.30 Å². The lowest BCUT2D eigenvalue weighted by molar-refractivity contribution is 0.130. The van der Waals surface area contributed by atoms with Crippen molar-refractivity contribution in [1.82, 2.24) is 4.57 Å². The number of hydrogen-bond acceptors (Lipinski definition) is 2. The van der Waals surface area contributed by atoms with Crippen LogP contribution in [0, 0.1) is 0 Å². The van der Waals surface area contributed by atoms with Crippen molar-refractivity contribution < 1.29 is 4.74 Å². The van der Waals surface area contributed by atoms with Crippen LogP contribution in [0.5, 0.6) is 5.88 Å². The van der Waals surface area contributed by atoms with Crippen LogP contribution in [0.3, 0.4) is 0 Å². The Morgan fingerprint density at radius 1 is 0.815 bits per heavy atom. The lowest BCUT2D eigenvalue weighted by Gasteiger charge is -2.30. The van der Waals surface area contributed by atoms with Gasteiger partial charge in [-0.25, -0.2) is 0 Å². The van der Waals surface area contributed by atoms with Crippen LogP contribution in [0.15, 0.2) is 89.7 Å². The van der Waals surface area contributed by atoms with E-state index in [2.05, 4.69) is 24.3 Å². The van der Waals surface area contributed by atoms with E-state index in [9.17, 15) is 4.79 Å². The molecule has 0 unspecified atom stereocenters. The number of aryl methyl sites for hydroxylation is 1. The standard InChI is InChI=1S/C24H19NO2/c1-25-21-15-9-8-14-19(21)22(26)20-16-24(27-23(20)25,17-10-4-2-5-11-17)18-12-6-3-7-13-18/h2-15H,16H2,1H3. The fraction of sp³-hybridized carbons (Fsp3) is 0.125. The molecule has 0 saturated heterocycles. The van der Waals surface area contributed by atoms with Crippen LogP contribution >= 0.6 is 0 Å². The van der Waals surface area contributed by atoms with Crippen molar-refractivity contribution in [2.75, 3.05) is 0 Å². The molecule has 0 fully saturated rings. The fourth-order valence-electron chi connectivity index (χ4n) is 4.17. The number of ether oxygens (including phenoxy) is 1. The summed E-state index contributed by atoms with van der Waals surface area (Å²) in [5.74, 6) is 0.659.